The van der Waals surface area contributed by atoms with Gasteiger partial charge in [0.15, 0.2) is 0 Å². The van der Waals surface area contributed by atoms with E-state index in [1.807, 2.05) is 18.2 Å². The first-order valence-corrected chi connectivity index (χ1v) is 7.29. The summed E-state index contributed by atoms with van der Waals surface area (Å²) in [7, 11) is 0. The molecular formula is C15H22N2O3. The molecule has 0 aromatic carbocycles. The quantitative estimate of drug-likeness (QED) is 0.777. The first-order valence-electron chi connectivity index (χ1n) is 7.29. The topological polar surface area (TPSA) is 51.7 Å². The number of pyridine rings is 1. The molecule has 1 aliphatic rings. The van der Waals surface area contributed by atoms with E-state index in [9.17, 15) is 4.79 Å². The van der Waals surface area contributed by atoms with Gasteiger partial charge < -0.3 is 14.4 Å². The second-order valence-corrected chi connectivity index (χ2v) is 4.94. The van der Waals surface area contributed by atoms with Crippen molar-refractivity contribution in [1.29, 1.82) is 0 Å². The number of hydrogen-bond acceptors (Lipinski definition) is 4. The van der Waals surface area contributed by atoms with E-state index < -0.39 is 0 Å². The lowest BCUT2D eigenvalue weighted by molar-refractivity contribution is 0.0656. The van der Waals surface area contributed by atoms with Crippen LogP contribution >= 0.6 is 0 Å². The molecule has 20 heavy (non-hydrogen) atoms. The summed E-state index contributed by atoms with van der Waals surface area (Å²) >= 11 is 0. The monoisotopic (exact) mass is 278 g/mol. The lowest BCUT2D eigenvalue weighted by Gasteiger charge is -2.31. The second kappa shape index (κ2) is 7.72. The minimum absolute atomic E-state index is 0.129. The van der Waals surface area contributed by atoms with Crippen LogP contribution in [0.4, 0.5) is 4.79 Å². The van der Waals surface area contributed by atoms with Gasteiger partial charge in [0.05, 0.1) is 6.61 Å². The van der Waals surface area contributed by atoms with Crippen molar-refractivity contribution in [3.8, 4) is 5.88 Å². The Bertz CT molecular complexity index is 403. The number of unbranched alkanes of at least 4 members (excludes halogenated alkanes) is 1. The third-order valence-electron chi connectivity index (χ3n) is 3.35. The van der Waals surface area contributed by atoms with E-state index >= 15 is 0 Å². The smallest absolute Gasteiger partial charge is 0.409 e. The van der Waals surface area contributed by atoms with E-state index in [0.29, 0.717) is 25.6 Å². The first kappa shape index (κ1) is 14.6. The fraction of sp³-hybridized carbons (Fsp3) is 0.600. The summed E-state index contributed by atoms with van der Waals surface area (Å²) < 4.78 is 11.0. The maximum atomic E-state index is 11.8. The minimum atomic E-state index is -0.199. The number of amides is 1. The Kier molecular flexibility index (Phi) is 5.65. The molecule has 0 saturated carbocycles. The molecule has 0 atom stereocenters. The molecule has 1 fully saturated rings. The van der Waals surface area contributed by atoms with Gasteiger partial charge in [-0.05, 0) is 12.5 Å². The van der Waals surface area contributed by atoms with Crippen molar-refractivity contribution in [1.82, 2.24) is 9.88 Å². The van der Waals surface area contributed by atoms with E-state index in [-0.39, 0.29) is 12.2 Å². The largest absolute Gasteiger partial charge is 0.474 e. The maximum Gasteiger partial charge on any atom is 0.409 e. The van der Waals surface area contributed by atoms with Crippen LogP contribution < -0.4 is 4.74 Å². The van der Waals surface area contributed by atoms with Crippen LogP contribution in [-0.4, -0.2) is 41.8 Å². The number of carbonyl (C=O) groups excluding carboxylic acids is 1. The number of piperidine rings is 1. The Balaban J connectivity index is 1.71. The van der Waals surface area contributed by atoms with Crippen LogP contribution in [-0.2, 0) is 4.74 Å². The van der Waals surface area contributed by atoms with Gasteiger partial charge in [0, 0.05) is 38.2 Å². The maximum absolute atomic E-state index is 11.8. The van der Waals surface area contributed by atoms with Crippen LogP contribution in [0.25, 0.3) is 0 Å². The highest BCUT2D eigenvalue weighted by Gasteiger charge is 2.24. The van der Waals surface area contributed by atoms with Crippen molar-refractivity contribution >= 4 is 6.09 Å². The minimum Gasteiger partial charge on any atom is -0.474 e. The van der Waals surface area contributed by atoms with Crippen molar-refractivity contribution < 1.29 is 14.3 Å². The number of likely N-dealkylation sites (tertiary alicyclic amines) is 1. The van der Waals surface area contributed by atoms with Gasteiger partial charge >= 0.3 is 6.09 Å². The van der Waals surface area contributed by atoms with E-state index in [1.54, 1.807) is 11.1 Å². The second-order valence-electron chi connectivity index (χ2n) is 4.94. The van der Waals surface area contributed by atoms with Crippen LogP contribution in [0.3, 0.4) is 0 Å². The lowest BCUT2D eigenvalue weighted by atomic mass is 10.1. The molecule has 0 bridgehead atoms. The Morgan fingerprint density at radius 2 is 2.20 bits per heavy atom. The summed E-state index contributed by atoms with van der Waals surface area (Å²) in [5.41, 5.74) is 0. The predicted molar refractivity (Wildman–Crippen MR) is 75.7 cm³/mol. The van der Waals surface area contributed by atoms with Crippen molar-refractivity contribution in [3.05, 3.63) is 24.4 Å². The third kappa shape index (κ3) is 4.40. The molecule has 0 unspecified atom stereocenters. The van der Waals surface area contributed by atoms with E-state index in [0.717, 1.165) is 25.7 Å². The highest BCUT2D eigenvalue weighted by Crippen LogP contribution is 2.17. The Morgan fingerprint density at radius 3 is 2.85 bits per heavy atom. The summed E-state index contributed by atoms with van der Waals surface area (Å²) in [5, 5.41) is 0. The Labute approximate surface area is 119 Å². The Hall–Kier alpha value is -1.78. The van der Waals surface area contributed by atoms with Crippen molar-refractivity contribution in [2.24, 2.45) is 0 Å². The average Bonchev–Trinajstić information content (AvgIpc) is 2.49. The van der Waals surface area contributed by atoms with E-state index in [4.69, 9.17) is 9.47 Å². The van der Waals surface area contributed by atoms with Gasteiger partial charge in [-0.2, -0.15) is 0 Å². The molecule has 0 radical (unpaired) electrons. The molecule has 1 aliphatic heterocycles. The van der Waals surface area contributed by atoms with Crippen LogP contribution in [0.2, 0.25) is 0 Å². The van der Waals surface area contributed by atoms with Gasteiger partial charge in [0.2, 0.25) is 5.88 Å². The molecule has 5 heteroatoms. The zero-order valence-electron chi connectivity index (χ0n) is 12.0. The van der Waals surface area contributed by atoms with Gasteiger partial charge in [0.1, 0.15) is 6.10 Å². The highest BCUT2D eigenvalue weighted by atomic mass is 16.6. The van der Waals surface area contributed by atoms with Crippen LogP contribution in [0.1, 0.15) is 32.6 Å². The van der Waals surface area contributed by atoms with Crippen molar-refractivity contribution in [2.75, 3.05) is 19.7 Å². The highest BCUT2D eigenvalue weighted by molar-refractivity contribution is 5.67. The summed E-state index contributed by atoms with van der Waals surface area (Å²) in [5.74, 6) is 0.650. The number of ether oxygens (including phenoxy) is 2. The van der Waals surface area contributed by atoms with Crippen LogP contribution in [0.5, 0.6) is 5.88 Å². The third-order valence-corrected chi connectivity index (χ3v) is 3.35. The van der Waals surface area contributed by atoms with Gasteiger partial charge in [-0.3, -0.25) is 0 Å². The SMILES string of the molecule is CCCCOC(=O)N1CCC(Oc2ccccn2)CC1. The zero-order chi connectivity index (χ0) is 14.2. The van der Waals surface area contributed by atoms with Crippen LogP contribution in [0, 0.1) is 0 Å². The number of hydrogen-bond donors (Lipinski definition) is 0. The fourth-order valence-corrected chi connectivity index (χ4v) is 2.14. The average molecular weight is 278 g/mol. The van der Waals surface area contributed by atoms with Crippen molar-refractivity contribution in [2.45, 2.75) is 38.7 Å². The van der Waals surface area contributed by atoms with E-state index in [1.165, 1.54) is 0 Å². The number of rotatable bonds is 5. The molecule has 110 valence electrons. The molecule has 2 rings (SSSR count). The molecule has 5 nitrogen and oxygen atoms in total. The molecule has 0 N–H and O–H groups in total. The predicted octanol–water partition coefficient (Wildman–Crippen LogP) is 2.86. The normalized spacial score (nSPS) is 15.9. The molecule has 2 heterocycles. The van der Waals surface area contributed by atoms with Gasteiger partial charge in [-0.1, -0.05) is 19.4 Å². The van der Waals surface area contributed by atoms with Gasteiger partial charge in [0.25, 0.3) is 0 Å². The van der Waals surface area contributed by atoms with Crippen LogP contribution in [0.15, 0.2) is 24.4 Å². The van der Waals surface area contributed by atoms with Gasteiger partial charge in [-0.25, -0.2) is 9.78 Å². The molecule has 1 amide bonds. The summed E-state index contributed by atoms with van der Waals surface area (Å²) in [6.07, 6.45) is 5.24. The van der Waals surface area contributed by atoms with E-state index in [2.05, 4.69) is 11.9 Å². The van der Waals surface area contributed by atoms with Gasteiger partial charge in [-0.15, -0.1) is 0 Å². The van der Waals surface area contributed by atoms with Crippen molar-refractivity contribution in [3.63, 3.8) is 0 Å². The lowest BCUT2D eigenvalue weighted by Crippen LogP contribution is -2.42. The fourth-order valence-electron chi connectivity index (χ4n) is 2.14. The summed E-state index contributed by atoms with van der Waals surface area (Å²) in [4.78, 5) is 17.7. The summed E-state index contributed by atoms with van der Waals surface area (Å²) in [6, 6.07) is 5.62. The Morgan fingerprint density at radius 1 is 1.40 bits per heavy atom. The number of aromatic nitrogens is 1. The standard InChI is InChI=1S/C15H22N2O3/c1-2-3-12-19-15(18)17-10-7-13(8-11-17)20-14-6-4-5-9-16-14/h4-6,9,13H,2-3,7-8,10-12H2,1H3. The molecule has 1 aromatic rings. The first-order chi connectivity index (χ1) is 9.79. The molecule has 0 aliphatic carbocycles. The number of carbonyl (C=O) groups is 1. The molecular weight excluding hydrogens is 256 g/mol. The number of nitrogens with zero attached hydrogens (tertiary/aromatic N) is 2. The molecule has 0 spiro atoms. The summed E-state index contributed by atoms with van der Waals surface area (Å²) in [6.45, 7) is 3.96. The zero-order valence-corrected chi connectivity index (χ0v) is 12.0. The molecule has 1 saturated heterocycles. The molecule has 1 aromatic heterocycles.